The summed E-state index contributed by atoms with van der Waals surface area (Å²) >= 11 is 0. The average Bonchev–Trinajstić information content (AvgIpc) is 2.49. The van der Waals surface area contributed by atoms with Crippen molar-refractivity contribution in [1.82, 2.24) is 0 Å². The third kappa shape index (κ3) is 2.78. The van der Waals surface area contributed by atoms with Gasteiger partial charge >= 0.3 is 0 Å². The van der Waals surface area contributed by atoms with Crippen molar-refractivity contribution in [3.63, 3.8) is 0 Å². The number of ketones is 2. The molecule has 2 saturated carbocycles. The highest BCUT2D eigenvalue weighted by Crippen LogP contribution is 2.31. The summed E-state index contributed by atoms with van der Waals surface area (Å²) in [5.41, 5.74) is 2.19. The van der Waals surface area contributed by atoms with Gasteiger partial charge in [-0.05, 0) is 31.7 Å². The lowest BCUT2D eigenvalue weighted by atomic mass is 9.83. The Labute approximate surface area is 126 Å². The summed E-state index contributed by atoms with van der Waals surface area (Å²) in [6.07, 6.45) is 7.63. The quantitative estimate of drug-likeness (QED) is 0.784. The van der Waals surface area contributed by atoms with Crippen molar-refractivity contribution in [2.45, 2.75) is 63.2 Å². The maximum absolute atomic E-state index is 12.2. The molecule has 2 aliphatic carbocycles. The van der Waals surface area contributed by atoms with Crippen LogP contribution in [0.3, 0.4) is 0 Å². The Morgan fingerprint density at radius 3 is 1.76 bits per heavy atom. The zero-order chi connectivity index (χ0) is 14.8. The van der Waals surface area contributed by atoms with Crippen LogP contribution in [0.2, 0.25) is 0 Å². The average molecular weight is 286 g/mol. The van der Waals surface area contributed by atoms with Gasteiger partial charge in [0.2, 0.25) is 0 Å². The Hall–Kier alpha value is -1.51. The standard InChI is InChI=1S/C18H24NO2/c1-19-15(13-7-2-4-11-17(13)20)9-6-10-16(19)14-8-3-5-12-18(14)21/h6,9-10,13-14H,2-5,7-8,11-12H2,1H3/q+1. The fraction of sp³-hybridized carbons (Fsp3) is 0.611. The molecule has 0 radical (unpaired) electrons. The maximum Gasteiger partial charge on any atom is 0.191 e. The van der Waals surface area contributed by atoms with E-state index in [-0.39, 0.29) is 11.8 Å². The normalized spacial score (nSPS) is 26.9. The number of hydrogen-bond acceptors (Lipinski definition) is 2. The van der Waals surface area contributed by atoms with Crippen molar-refractivity contribution in [3.05, 3.63) is 29.6 Å². The van der Waals surface area contributed by atoms with E-state index in [2.05, 4.69) is 16.7 Å². The van der Waals surface area contributed by atoms with E-state index in [1.54, 1.807) is 0 Å². The first kappa shape index (κ1) is 14.4. The fourth-order valence-corrected chi connectivity index (χ4v) is 3.91. The molecule has 1 aromatic rings. The van der Waals surface area contributed by atoms with Crippen molar-refractivity contribution in [3.8, 4) is 0 Å². The Bertz CT molecular complexity index is 518. The predicted octanol–water partition coefficient (Wildman–Crippen LogP) is 2.96. The van der Waals surface area contributed by atoms with Crippen molar-refractivity contribution in [1.29, 1.82) is 0 Å². The fourth-order valence-electron chi connectivity index (χ4n) is 3.91. The molecule has 0 bridgehead atoms. The smallest absolute Gasteiger partial charge is 0.191 e. The van der Waals surface area contributed by atoms with Crippen LogP contribution in [-0.4, -0.2) is 11.6 Å². The number of Topliss-reactive ketones (excluding diaryl/α,β-unsaturated/α-hetero) is 2. The maximum atomic E-state index is 12.2. The molecule has 2 unspecified atom stereocenters. The van der Waals surface area contributed by atoms with E-state index in [1.165, 1.54) is 0 Å². The summed E-state index contributed by atoms with van der Waals surface area (Å²) in [5.74, 6) is 0.790. The van der Waals surface area contributed by atoms with Crippen molar-refractivity contribution < 1.29 is 14.2 Å². The molecule has 112 valence electrons. The molecule has 21 heavy (non-hydrogen) atoms. The van der Waals surface area contributed by atoms with Crippen LogP contribution < -0.4 is 4.57 Å². The zero-order valence-corrected chi connectivity index (χ0v) is 12.8. The summed E-state index contributed by atoms with van der Waals surface area (Å²) in [5, 5.41) is 0. The Morgan fingerprint density at radius 1 is 0.857 bits per heavy atom. The van der Waals surface area contributed by atoms with E-state index >= 15 is 0 Å². The summed E-state index contributed by atoms with van der Waals surface area (Å²) in [6.45, 7) is 0. The number of carbonyl (C=O) groups excluding carboxylic acids is 2. The first-order valence-corrected chi connectivity index (χ1v) is 8.22. The lowest BCUT2D eigenvalue weighted by Gasteiger charge is -2.22. The van der Waals surface area contributed by atoms with Crippen LogP contribution in [0.4, 0.5) is 0 Å². The molecule has 2 aliphatic rings. The van der Waals surface area contributed by atoms with Crippen LogP contribution in [0.15, 0.2) is 18.2 Å². The third-order valence-electron chi connectivity index (χ3n) is 5.13. The molecule has 2 atom stereocenters. The minimum absolute atomic E-state index is 0.0300. The minimum Gasteiger partial charge on any atom is -0.299 e. The van der Waals surface area contributed by atoms with Gasteiger partial charge in [0, 0.05) is 25.0 Å². The van der Waals surface area contributed by atoms with Crippen LogP contribution in [0.25, 0.3) is 0 Å². The van der Waals surface area contributed by atoms with Gasteiger partial charge < -0.3 is 0 Å². The first-order chi connectivity index (χ1) is 10.2. The molecule has 0 aromatic carbocycles. The van der Waals surface area contributed by atoms with Gasteiger partial charge in [0.05, 0.1) is 0 Å². The van der Waals surface area contributed by atoms with Gasteiger partial charge in [-0.25, -0.2) is 4.57 Å². The Balaban J connectivity index is 1.94. The molecule has 1 heterocycles. The molecular formula is C18H24NO2+. The number of hydrogen-bond donors (Lipinski definition) is 0. The van der Waals surface area contributed by atoms with E-state index in [0.717, 1.165) is 49.9 Å². The zero-order valence-electron chi connectivity index (χ0n) is 12.8. The van der Waals surface area contributed by atoms with E-state index < -0.39 is 0 Å². The van der Waals surface area contributed by atoms with Gasteiger partial charge in [-0.3, -0.25) is 9.59 Å². The number of pyridine rings is 1. The highest BCUT2D eigenvalue weighted by atomic mass is 16.1. The lowest BCUT2D eigenvalue weighted by Crippen LogP contribution is -2.44. The SMILES string of the molecule is C[n+]1c(C2CCCCC2=O)cccc1C1CCCCC1=O. The van der Waals surface area contributed by atoms with E-state index in [9.17, 15) is 9.59 Å². The molecule has 3 nitrogen and oxygen atoms in total. The number of aromatic nitrogens is 1. The third-order valence-corrected chi connectivity index (χ3v) is 5.13. The molecule has 0 saturated heterocycles. The van der Waals surface area contributed by atoms with Crippen molar-refractivity contribution in [2.24, 2.45) is 7.05 Å². The second kappa shape index (κ2) is 6.08. The molecule has 0 N–H and O–H groups in total. The Kier molecular flexibility index (Phi) is 4.18. The molecular weight excluding hydrogens is 262 g/mol. The molecule has 3 heteroatoms. The van der Waals surface area contributed by atoms with Crippen LogP contribution in [0, 0.1) is 0 Å². The number of rotatable bonds is 2. The topological polar surface area (TPSA) is 38.0 Å². The van der Waals surface area contributed by atoms with Gasteiger partial charge in [0.25, 0.3) is 0 Å². The molecule has 3 rings (SSSR count). The van der Waals surface area contributed by atoms with Gasteiger partial charge in [0.1, 0.15) is 30.4 Å². The monoisotopic (exact) mass is 286 g/mol. The first-order valence-electron chi connectivity index (χ1n) is 8.22. The van der Waals surface area contributed by atoms with Gasteiger partial charge in [-0.15, -0.1) is 0 Å². The minimum atomic E-state index is 0.0300. The second-order valence-corrected chi connectivity index (χ2v) is 6.46. The van der Waals surface area contributed by atoms with Crippen LogP contribution in [-0.2, 0) is 16.6 Å². The molecule has 0 amide bonds. The Morgan fingerprint density at radius 2 is 1.33 bits per heavy atom. The predicted molar refractivity (Wildman–Crippen MR) is 80.1 cm³/mol. The second-order valence-electron chi connectivity index (χ2n) is 6.46. The molecule has 2 fully saturated rings. The van der Waals surface area contributed by atoms with Crippen LogP contribution >= 0.6 is 0 Å². The van der Waals surface area contributed by atoms with Crippen molar-refractivity contribution in [2.75, 3.05) is 0 Å². The number of carbonyl (C=O) groups is 2. The van der Waals surface area contributed by atoms with E-state index in [0.29, 0.717) is 24.4 Å². The van der Waals surface area contributed by atoms with E-state index in [4.69, 9.17) is 0 Å². The highest BCUT2D eigenvalue weighted by Gasteiger charge is 2.35. The van der Waals surface area contributed by atoms with E-state index in [1.807, 2.05) is 13.1 Å². The van der Waals surface area contributed by atoms with Crippen molar-refractivity contribution >= 4 is 11.6 Å². The number of nitrogens with zero attached hydrogens (tertiary/aromatic N) is 1. The highest BCUT2D eigenvalue weighted by molar-refractivity contribution is 5.86. The largest absolute Gasteiger partial charge is 0.299 e. The van der Waals surface area contributed by atoms with Crippen LogP contribution in [0.5, 0.6) is 0 Å². The molecule has 1 aromatic heterocycles. The summed E-state index contributed by atoms with van der Waals surface area (Å²) < 4.78 is 2.13. The summed E-state index contributed by atoms with van der Waals surface area (Å²) in [6, 6.07) is 6.14. The summed E-state index contributed by atoms with van der Waals surface area (Å²) in [7, 11) is 2.02. The van der Waals surface area contributed by atoms with Gasteiger partial charge in [0.15, 0.2) is 11.4 Å². The van der Waals surface area contributed by atoms with Crippen LogP contribution in [0.1, 0.15) is 74.6 Å². The summed E-state index contributed by atoms with van der Waals surface area (Å²) in [4.78, 5) is 24.4. The lowest BCUT2D eigenvalue weighted by molar-refractivity contribution is -0.688. The van der Waals surface area contributed by atoms with Gasteiger partial charge in [-0.1, -0.05) is 12.8 Å². The van der Waals surface area contributed by atoms with Gasteiger partial charge in [-0.2, -0.15) is 0 Å². The molecule has 0 aliphatic heterocycles. The molecule has 0 spiro atoms.